The van der Waals surface area contributed by atoms with Crippen molar-refractivity contribution < 1.29 is 46.5 Å². The van der Waals surface area contributed by atoms with E-state index < -0.39 is 33.0 Å². The maximum absolute atomic E-state index is 11.3. The van der Waals surface area contributed by atoms with E-state index in [1.165, 1.54) is 0 Å². The molecule has 5 nitrogen and oxygen atoms in total. The predicted molar refractivity (Wildman–Crippen MR) is 190 cm³/mol. The van der Waals surface area contributed by atoms with Gasteiger partial charge in [-0.05, 0) is 28.0 Å². The molecule has 0 aromatic rings. The molecular weight excluding hydrogens is 685 g/mol. The molecule has 0 saturated heterocycles. The maximum Gasteiger partial charge on any atom is 4.00 e. The van der Waals surface area contributed by atoms with Crippen LogP contribution < -0.4 is 4.80 Å². The summed E-state index contributed by atoms with van der Waals surface area (Å²) in [6.07, 6.45) is 0. The normalized spacial score (nSPS) is 14.6. The number of rotatable bonds is 12. The van der Waals surface area contributed by atoms with Crippen molar-refractivity contribution in [3.8, 4) is 0 Å². The van der Waals surface area contributed by atoms with Crippen LogP contribution >= 0.6 is 0 Å². The largest absolute Gasteiger partial charge is 4.00 e. The molecule has 0 fully saturated rings. The quantitative estimate of drug-likeness (QED) is 0.186. The maximum atomic E-state index is 11.3. The SMILES string of the molecule is CC(C)(C)[Si](C)(C)[N-]CCN(CC[N-][Si](C)(C)C(C)(C)C)CC[N-][Si](C)(C)C(C)(C)C.CC(C)(C)[Si](C)(C)[O-].[Ce+4]. The Hall–Kier alpha value is 2.04. The van der Waals surface area contributed by atoms with E-state index in [2.05, 4.69) is 106 Å². The van der Waals surface area contributed by atoms with Gasteiger partial charge in [-0.1, -0.05) is 180 Å². The predicted octanol–water partition coefficient (Wildman–Crippen LogP) is 9.78. The van der Waals surface area contributed by atoms with Crippen LogP contribution in [0.15, 0.2) is 0 Å². The average molecular weight is 757 g/mol. The molecule has 0 N–H and O–H groups in total. The molecule has 0 unspecified atom stereocenters. The Morgan fingerprint density at radius 2 is 0.625 bits per heavy atom. The van der Waals surface area contributed by atoms with Crippen molar-refractivity contribution in [1.29, 1.82) is 0 Å². The molecule has 238 valence electrons. The van der Waals surface area contributed by atoms with Gasteiger partial charge in [-0.2, -0.15) is 0 Å². The Bertz CT molecular complexity index is 611. The van der Waals surface area contributed by atoms with E-state index in [9.17, 15) is 4.80 Å². The van der Waals surface area contributed by atoms with E-state index in [1.807, 2.05) is 33.9 Å². The Morgan fingerprint density at radius 1 is 0.450 bits per heavy atom. The second kappa shape index (κ2) is 17.1. The van der Waals surface area contributed by atoms with Crippen molar-refractivity contribution in [1.82, 2.24) is 4.90 Å². The van der Waals surface area contributed by atoms with Crippen LogP contribution in [0.3, 0.4) is 0 Å². The van der Waals surface area contributed by atoms with E-state index >= 15 is 0 Å². The Kier molecular flexibility index (Phi) is 19.9. The summed E-state index contributed by atoms with van der Waals surface area (Å²) >= 11 is 0. The Morgan fingerprint density at radius 3 is 0.750 bits per heavy atom. The van der Waals surface area contributed by atoms with Crippen LogP contribution in [-0.4, -0.2) is 77.2 Å². The van der Waals surface area contributed by atoms with Crippen LogP contribution in [-0.2, 0) is 0 Å². The van der Waals surface area contributed by atoms with Crippen molar-refractivity contribution in [3.05, 3.63) is 14.9 Å². The van der Waals surface area contributed by atoms with Gasteiger partial charge in [-0.25, -0.2) is 0 Å². The van der Waals surface area contributed by atoms with Crippen LogP contribution in [0.2, 0.25) is 72.5 Å². The molecule has 0 atom stereocenters. The van der Waals surface area contributed by atoms with E-state index in [0.717, 1.165) is 39.3 Å². The van der Waals surface area contributed by atoms with Crippen molar-refractivity contribution in [3.63, 3.8) is 0 Å². The van der Waals surface area contributed by atoms with E-state index in [-0.39, 0.29) is 46.8 Å². The van der Waals surface area contributed by atoms with Gasteiger partial charge in [0.2, 0.25) is 0 Å². The van der Waals surface area contributed by atoms with E-state index in [4.69, 9.17) is 14.9 Å². The first-order valence-electron chi connectivity index (χ1n) is 15.3. The molecule has 0 aromatic heterocycles. The van der Waals surface area contributed by atoms with Crippen LogP contribution in [0.1, 0.15) is 83.1 Å². The fraction of sp³-hybridized carbons (Fsp3) is 1.00. The molecule has 0 aliphatic rings. The minimum atomic E-state index is -2.11. The van der Waals surface area contributed by atoms with Gasteiger partial charge in [0, 0.05) is 0 Å². The van der Waals surface area contributed by atoms with Gasteiger partial charge in [0.1, 0.15) is 0 Å². The van der Waals surface area contributed by atoms with Gasteiger partial charge in [0.25, 0.3) is 0 Å². The molecule has 0 saturated carbocycles. The van der Waals surface area contributed by atoms with Gasteiger partial charge in [-0.3, -0.25) is 0 Å². The van der Waals surface area contributed by atoms with Crippen molar-refractivity contribution in [2.24, 2.45) is 0 Å². The second-order valence-corrected chi connectivity index (χ2v) is 37.0. The molecule has 0 rings (SSSR count). The van der Waals surface area contributed by atoms with Crippen LogP contribution in [0, 0.1) is 41.7 Å². The van der Waals surface area contributed by atoms with Crippen LogP contribution in [0.5, 0.6) is 0 Å². The smallest absolute Gasteiger partial charge is 0.858 e. The van der Waals surface area contributed by atoms with Gasteiger partial charge in [-0.15, -0.1) is 19.6 Å². The van der Waals surface area contributed by atoms with Gasteiger partial charge < -0.3 is 24.6 Å². The van der Waals surface area contributed by atoms with Gasteiger partial charge >= 0.3 is 41.7 Å². The molecule has 0 heterocycles. The monoisotopic (exact) mass is 756 g/mol. The Balaban J connectivity index is -0.00000131. The molecule has 10 heteroatoms. The first-order chi connectivity index (χ1) is 16.8. The molecule has 0 spiro atoms. The van der Waals surface area contributed by atoms with E-state index in [1.54, 1.807) is 0 Å². The third-order valence-electron chi connectivity index (χ3n) is 10.1. The summed E-state index contributed by atoms with van der Waals surface area (Å²) in [6, 6.07) is 0. The number of hydrogen-bond donors (Lipinski definition) is 0. The fourth-order valence-corrected chi connectivity index (χ4v) is 5.86. The second-order valence-electron chi connectivity index (χ2n) is 17.7. The first-order valence-corrected chi connectivity index (χ1v) is 27.0. The molecule has 0 bridgehead atoms. The number of nitrogens with zero attached hydrogens (tertiary/aromatic N) is 4. The molecule has 0 radical (unpaired) electrons. The van der Waals surface area contributed by atoms with Crippen LogP contribution in [0.4, 0.5) is 0 Å². The minimum Gasteiger partial charge on any atom is -0.858 e. The zero-order valence-corrected chi connectivity index (χ0v) is 38.1. The molecule has 0 aliphatic heterocycles. The average Bonchev–Trinajstić information content (AvgIpc) is 2.63. The number of hydrogen-bond acceptors (Lipinski definition) is 2. The summed E-state index contributed by atoms with van der Waals surface area (Å²) in [6.45, 7) is 51.2. The third-order valence-corrected chi connectivity index (χ3v) is 27.7. The molecule has 0 amide bonds. The molecule has 0 aliphatic carbocycles. The van der Waals surface area contributed by atoms with Crippen molar-refractivity contribution in [2.75, 3.05) is 39.3 Å². The summed E-state index contributed by atoms with van der Waals surface area (Å²) in [7, 11) is -6.84. The molecule has 0 aromatic carbocycles. The Labute approximate surface area is 291 Å². The summed E-state index contributed by atoms with van der Waals surface area (Å²) in [5.41, 5.74) is 0. The standard InChI is InChI=1S/C24H57N4Si3.C6H15OSi.Ce/c1-22(2,3)29(10,11)25-16-19-28(20-17-26-30(12,13)23(4,5)6)21-18-27-31(14,15)24(7,8)9;1-6(2,3)8(4,5)7;/h16-21H2,1-15H3;1-5H3;/q-3;-1;+4. The van der Waals surface area contributed by atoms with E-state index in [0.29, 0.717) is 15.1 Å². The fourth-order valence-electron chi connectivity index (χ4n) is 2.46. The minimum absolute atomic E-state index is 0. The summed E-state index contributed by atoms with van der Waals surface area (Å²) in [4.78, 5) is 29.5. The first kappa shape index (κ1) is 46.5. The van der Waals surface area contributed by atoms with Crippen molar-refractivity contribution >= 4 is 33.0 Å². The van der Waals surface area contributed by atoms with Gasteiger partial charge in [0.05, 0.1) is 0 Å². The zero-order chi connectivity index (χ0) is 31.9. The molecule has 40 heavy (non-hydrogen) atoms. The van der Waals surface area contributed by atoms with Crippen LogP contribution in [0.25, 0.3) is 14.9 Å². The third kappa shape index (κ3) is 17.5. The zero-order valence-electron chi connectivity index (χ0n) is 30.9. The van der Waals surface area contributed by atoms with Gasteiger partial charge in [0.15, 0.2) is 0 Å². The van der Waals surface area contributed by atoms with Crippen molar-refractivity contribution in [2.45, 2.75) is 156 Å². The summed E-state index contributed by atoms with van der Waals surface area (Å²) < 4.78 is 0. The topological polar surface area (TPSA) is 68.6 Å². The molecular formula is C30H72CeN4OSi4. The summed E-state index contributed by atoms with van der Waals surface area (Å²) in [5, 5.41) is 0.959. The summed E-state index contributed by atoms with van der Waals surface area (Å²) in [5.74, 6) is 0.